The van der Waals surface area contributed by atoms with Crippen LogP contribution >= 0.6 is 0 Å². The molecule has 24 heavy (non-hydrogen) atoms. The normalized spacial score (nSPS) is 14.1. The molecule has 9 heteroatoms. The van der Waals surface area contributed by atoms with Crippen molar-refractivity contribution in [3.8, 4) is 0 Å². The van der Waals surface area contributed by atoms with Gasteiger partial charge in [0.1, 0.15) is 0 Å². The highest BCUT2D eigenvalue weighted by atomic mass is 28.5. The van der Waals surface area contributed by atoms with Crippen LogP contribution in [0.4, 0.5) is 0 Å². The van der Waals surface area contributed by atoms with Crippen molar-refractivity contribution in [2.24, 2.45) is 11.5 Å². The fourth-order valence-corrected chi connectivity index (χ4v) is 15.4. The summed E-state index contributed by atoms with van der Waals surface area (Å²) in [7, 11) is -4.81. The highest BCUT2D eigenvalue weighted by molar-refractivity contribution is 6.84. The maximum atomic E-state index is 6.55. The van der Waals surface area contributed by atoms with E-state index in [1.54, 1.807) is 0 Å². The largest absolute Gasteiger partial charge is 0.439 e. The van der Waals surface area contributed by atoms with Crippen molar-refractivity contribution in [2.45, 2.75) is 57.7 Å². The fourth-order valence-electron chi connectivity index (χ4n) is 2.89. The van der Waals surface area contributed by atoms with Gasteiger partial charge in [-0.1, -0.05) is 0 Å². The first kappa shape index (κ1) is 24.4. The van der Waals surface area contributed by atoms with Crippen LogP contribution in [0.25, 0.3) is 0 Å². The predicted octanol–water partition coefficient (Wildman–Crippen LogP) is 1.16. The first-order valence-electron chi connectivity index (χ1n) is 9.42. The Balaban J connectivity index is 4.02. The van der Waals surface area contributed by atoms with E-state index in [2.05, 4.69) is 43.4 Å². The summed E-state index contributed by atoms with van der Waals surface area (Å²) in [6, 6.07) is 2.37. The van der Waals surface area contributed by atoms with Gasteiger partial charge in [-0.2, -0.15) is 0 Å². The van der Waals surface area contributed by atoms with Crippen molar-refractivity contribution in [1.29, 1.82) is 0 Å². The van der Waals surface area contributed by atoms with Gasteiger partial charge in [0.05, 0.1) is 0 Å². The third-order valence-electron chi connectivity index (χ3n) is 3.75. The molecule has 0 aliphatic carbocycles. The van der Waals surface area contributed by atoms with Gasteiger partial charge in [-0.25, -0.2) is 0 Å². The molecule has 0 aromatic heterocycles. The summed E-state index contributed by atoms with van der Waals surface area (Å²) in [4.78, 5) is 0. The van der Waals surface area contributed by atoms with Crippen molar-refractivity contribution in [1.82, 2.24) is 10.6 Å². The number of hydrogen-bond acceptors (Lipinski definition) is 6. The molecule has 0 saturated carbocycles. The first-order chi connectivity index (χ1) is 11.2. The van der Waals surface area contributed by atoms with Gasteiger partial charge in [0, 0.05) is 26.2 Å². The molecule has 0 aromatic rings. The van der Waals surface area contributed by atoms with Crippen LogP contribution in [0.15, 0.2) is 0 Å². The molecule has 6 nitrogen and oxygen atoms in total. The fraction of sp³-hybridized carbons (Fsp3) is 1.00. The summed E-state index contributed by atoms with van der Waals surface area (Å²) in [5.74, 6) is 0. The Bertz CT molecular complexity index is 310. The Labute approximate surface area is 153 Å². The van der Waals surface area contributed by atoms with Crippen LogP contribution in [0.5, 0.6) is 0 Å². The van der Waals surface area contributed by atoms with Crippen LogP contribution in [-0.2, 0) is 8.23 Å². The maximum absolute atomic E-state index is 6.55. The van der Waals surface area contributed by atoms with Crippen LogP contribution in [0.3, 0.4) is 0 Å². The zero-order chi connectivity index (χ0) is 18.5. The predicted molar refractivity (Wildman–Crippen MR) is 113 cm³/mol. The van der Waals surface area contributed by atoms with E-state index in [-0.39, 0.29) is 0 Å². The quantitative estimate of drug-likeness (QED) is 0.232. The second kappa shape index (κ2) is 13.6. The van der Waals surface area contributed by atoms with Crippen LogP contribution in [0.1, 0.15) is 12.8 Å². The molecular formula is C15H42N4O2Si3. The summed E-state index contributed by atoms with van der Waals surface area (Å²) in [6.45, 7) is 16.6. The van der Waals surface area contributed by atoms with Crippen molar-refractivity contribution in [3.63, 3.8) is 0 Å². The van der Waals surface area contributed by atoms with E-state index in [0.717, 1.165) is 32.6 Å². The minimum absolute atomic E-state index is 0.704. The summed E-state index contributed by atoms with van der Waals surface area (Å²) in [5, 5.41) is 6.70. The molecule has 0 fully saturated rings. The second-order valence-electron chi connectivity index (χ2n) is 7.51. The Morgan fingerprint density at radius 1 is 0.875 bits per heavy atom. The number of rotatable bonds is 16. The summed E-state index contributed by atoms with van der Waals surface area (Å²) in [5.41, 5.74) is 11.0. The van der Waals surface area contributed by atoms with Crippen LogP contribution in [0, 0.1) is 0 Å². The van der Waals surface area contributed by atoms with Gasteiger partial charge in [-0.05, 0) is 70.8 Å². The minimum atomic E-state index is -2.01. The van der Waals surface area contributed by atoms with Crippen molar-refractivity contribution in [3.05, 3.63) is 0 Å². The van der Waals surface area contributed by atoms with Gasteiger partial charge in [0.25, 0.3) is 0 Å². The van der Waals surface area contributed by atoms with Gasteiger partial charge >= 0.3 is 8.56 Å². The standard InChI is InChI=1S/C15H42N4O2Si3/c1-22(14-6-10-18-12-8-16)20-24(4,5)21-23(2,3)15-7-11-19-13-9-17/h18-19,22H,6-17H2,1-5H3. The molecule has 6 N–H and O–H groups in total. The van der Waals surface area contributed by atoms with E-state index in [9.17, 15) is 0 Å². The molecule has 1 atom stereocenters. The summed E-state index contributed by atoms with van der Waals surface area (Å²) < 4.78 is 13.0. The van der Waals surface area contributed by atoms with Gasteiger partial charge in [-0.3, -0.25) is 0 Å². The summed E-state index contributed by atoms with van der Waals surface area (Å²) in [6.07, 6.45) is 2.33. The third kappa shape index (κ3) is 14.7. The molecule has 0 aliphatic rings. The van der Waals surface area contributed by atoms with E-state index < -0.39 is 25.9 Å². The molecule has 0 heterocycles. The molecule has 146 valence electrons. The number of hydrogen-bond donors (Lipinski definition) is 4. The Hall–Kier alpha value is 0.411. The second-order valence-corrected chi connectivity index (χ2v) is 18.3. The van der Waals surface area contributed by atoms with Crippen molar-refractivity contribution in [2.75, 3.05) is 39.3 Å². The molecule has 1 unspecified atom stereocenters. The van der Waals surface area contributed by atoms with E-state index >= 15 is 0 Å². The first-order valence-corrected chi connectivity index (χ1v) is 17.8. The van der Waals surface area contributed by atoms with E-state index in [4.69, 9.17) is 19.7 Å². The highest BCUT2D eigenvalue weighted by Crippen LogP contribution is 2.22. The minimum Gasteiger partial charge on any atom is -0.439 e. The van der Waals surface area contributed by atoms with Gasteiger partial charge in [-0.15, -0.1) is 0 Å². The van der Waals surface area contributed by atoms with Gasteiger partial charge in [0.15, 0.2) is 17.4 Å². The van der Waals surface area contributed by atoms with Gasteiger partial charge < -0.3 is 30.3 Å². The smallest absolute Gasteiger partial charge is 0.310 e. The third-order valence-corrected chi connectivity index (χ3v) is 14.6. The van der Waals surface area contributed by atoms with E-state index in [1.165, 1.54) is 18.5 Å². The number of nitrogens with one attached hydrogen (secondary N) is 2. The highest BCUT2D eigenvalue weighted by Gasteiger charge is 2.35. The number of nitrogens with two attached hydrogens (primary N) is 2. The molecule has 0 aliphatic heterocycles. The molecule has 0 aromatic carbocycles. The average molecular weight is 395 g/mol. The van der Waals surface area contributed by atoms with Crippen LogP contribution in [-0.4, -0.2) is 65.2 Å². The Morgan fingerprint density at radius 3 is 1.96 bits per heavy atom. The monoisotopic (exact) mass is 394 g/mol. The lowest BCUT2D eigenvalue weighted by atomic mass is 10.5. The van der Waals surface area contributed by atoms with Crippen LogP contribution in [0.2, 0.25) is 44.8 Å². The van der Waals surface area contributed by atoms with E-state index in [1.807, 2.05) is 0 Å². The topological polar surface area (TPSA) is 94.6 Å². The molecule has 0 amide bonds. The molecule has 0 radical (unpaired) electrons. The Kier molecular flexibility index (Phi) is 13.8. The molecular weight excluding hydrogens is 352 g/mol. The van der Waals surface area contributed by atoms with Crippen molar-refractivity contribution < 1.29 is 8.23 Å². The molecule has 0 spiro atoms. The molecule has 0 rings (SSSR count). The zero-order valence-electron chi connectivity index (χ0n) is 16.6. The molecule has 0 saturated heterocycles. The lowest BCUT2D eigenvalue weighted by Crippen LogP contribution is -2.49. The zero-order valence-corrected chi connectivity index (χ0v) is 19.8. The lowest BCUT2D eigenvalue weighted by Gasteiger charge is -2.35. The lowest BCUT2D eigenvalue weighted by molar-refractivity contribution is 0.396. The SMILES string of the molecule is C[SiH](CCCNCCN)O[Si](C)(C)O[Si](C)(C)CCCNCCN. The van der Waals surface area contributed by atoms with Crippen molar-refractivity contribution >= 4 is 25.9 Å². The average Bonchev–Trinajstić information content (AvgIpc) is 2.45. The Morgan fingerprint density at radius 2 is 1.42 bits per heavy atom. The maximum Gasteiger partial charge on any atom is 0.310 e. The van der Waals surface area contributed by atoms with Gasteiger partial charge in [0.2, 0.25) is 0 Å². The summed E-state index contributed by atoms with van der Waals surface area (Å²) >= 11 is 0. The van der Waals surface area contributed by atoms with Crippen LogP contribution < -0.4 is 22.1 Å². The van der Waals surface area contributed by atoms with E-state index in [0.29, 0.717) is 13.1 Å². The molecule has 0 bridgehead atoms.